The van der Waals surface area contributed by atoms with Crippen molar-refractivity contribution in [1.82, 2.24) is 14.1 Å². The van der Waals surface area contributed by atoms with Crippen LogP contribution in [0.3, 0.4) is 0 Å². The van der Waals surface area contributed by atoms with Crippen LogP contribution in [0.5, 0.6) is 0 Å². The van der Waals surface area contributed by atoms with Gasteiger partial charge in [-0.05, 0) is 50.1 Å². The number of aryl methyl sites for hydroxylation is 1. The summed E-state index contributed by atoms with van der Waals surface area (Å²) >= 11 is 0. The van der Waals surface area contributed by atoms with Gasteiger partial charge in [0.25, 0.3) is 0 Å². The van der Waals surface area contributed by atoms with Gasteiger partial charge in [0.05, 0.1) is 11.4 Å². The maximum absolute atomic E-state index is 12.8. The van der Waals surface area contributed by atoms with Crippen molar-refractivity contribution in [3.63, 3.8) is 0 Å². The average molecular weight is 473 g/mol. The molecule has 1 aliphatic heterocycles. The van der Waals surface area contributed by atoms with Crippen LogP contribution in [0.2, 0.25) is 0 Å². The van der Waals surface area contributed by atoms with E-state index in [1.54, 1.807) is 19.1 Å². The van der Waals surface area contributed by atoms with Crippen molar-refractivity contribution in [1.29, 1.82) is 0 Å². The van der Waals surface area contributed by atoms with Gasteiger partial charge in [-0.1, -0.05) is 43.3 Å². The van der Waals surface area contributed by atoms with E-state index in [2.05, 4.69) is 53.2 Å². The average Bonchev–Trinajstić information content (AvgIpc) is 3.28. The minimum atomic E-state index is -3.58. The molecule has 1 N–H and O–H groups in total. The Kier molecular flexibility index (Phi) is 8.28. The van der Waals surface area contributed by atoms with Crippen LogP contribution in [0.1, 0.15) is 37.4 Å². The summed E-state index contributed by atoms with van der Waals surface area (Å²) in [5, 5.41) is 2.89. The van der Waals surface area contributed by atoms with Crippen molar-refractivity contribution in [2.75, 3.05) is 45.6 Å². The van der Waals surface area contributed by atoms with Crippen LogP contribution in [0.25, 0.3) is 0 Å². The molecule has 2 aromatic carbocycles. The molecule has 1 amide bonds. The second-order valence-corrected chi connectivity index (χ2v) is 11.0. The molecule has 0 radical (unpaired) electrons. The number of nitrogens with one attached hydrogen (secondary N) is 1. The maximum Gasteiger partial charge on any atom is 0.242 e. The number of likely N-dealkylation sites (N-methyl/N-ethyl adjacent to an activating group) is 1. The molecule has 2 aromatic rings. The lowest BCUT2D eigenvalue weighted by atomic mass is 10.1. The standard InChI is InChI=1S/C25H36N4O3S/c1-6-28(23-14-15-29(17-23)20(3)21-10-8-7-9-11-21)18-25(30)26-22-13-12-19(2)24(16-22)33(31,32)27(4)5/h7-13,16,20,23H,6,14-15,17-18H2,1-5H3,(H,26,30). The van der Waals surface area contributed by atoms with Gasteiger partial charge in [-0.15, -0.1) is 0 Å². The van der Waals surface area contributed by atoms with Gasteiger partial charge in [-0.3, -0.25) is 14.6 Å². The van der Waals surface area contributed by atoms with Crippen LogP contribution >= 0.6 is 0 Å². The number of nitrogens with zero attached hydrogens (tertiary/aromatic N) is 3. The van der Waals surface area contributed by atoms with E-state index < -0.39 is 10.0 Å². The minimum Gasteiger partial charge on any atom is -0.325 e. The van der Waals surface area contributed by atoms with Crippen LogP contribution in [-0.2, 0) is 14.8 Å². The maximum atomic E-state index is 12.8. The molecule has 1 aliphatic rings. The van der Waals surface area contributed by atoms with E-state index in [0.29, 0.717) is 23.3 Å². The Balaban J connectivity index is 1.63. The molecule has 2 atom stereocenters. The van der Waals surface area contributed by atoms with Gasteiger partial charge >= 0.3 is 0 Å². The molecule has 1 heterocycles. The van der Waals surface area contributed by atoms with E-state index in [-0.39, 0.29) is 17.3 Å². The molecule has 2 unspecified atom stereocenters. The summed E-state index contributed by atoms with van der Waals surface area (Å²) in [5.41, 5.74) is 2.45. The molecule has 3 rings (SSSR count). The molecule has 0 saturated carbocycles. The number of benzene rings is 2. The first-order valence-corrected chi connectivity index (χ1v) is 12.9. The summed E-state index contributed by atoms with van der Waals surface area (Å²) in [4.78, 5) is 17.7. The number of sulfonamides is 1. The fraction of sp³-hybridized carbons (Fsp3) is 0.480. The van der Waals surface area contributed by atoms with Crippen molar-refractivity contribution in [3.8, 4) is 0 Å². The van der Waals surface area contributed by atoms with E-state index in [0.717, 1.165) is 26.1 Å². The number of anilines is 1. The highest BCUT2D eigenvalue weighted by atomic mass is 32.2. The number of hydrogen-bond acceptors (Lipinski definition) is 5. The molecule has 7 nitrogen and oxygen atoms in total. The normalized spacial score (nSPS) is 18.1. The fourth-order valence-electron chi connectivity index (χ4n) is 4.40. The highest BCUT2D eigenvalue weighted by Crippen LogP contribution is 2.27. The quantitative estimate of drug-likeness (QED) is 0.606. The van der Waals surface area contributed by atoms with Gasteiger partial charge < -0.3 is 5.32 Å². The molecule has 1 saturated heterocycles. The molecule has 180 valence electrons. The van der Waals surface area contributed by atoms with Crippen LogP contribution < -0.4 is 5.32 Å². The zero-order valence-electron chi connectivity index (χ0n) is 20.3. The van der Waals surface area contributed by atoms with Crippen LogP contribution in [0.4, 0.5) is 5.69 Å². The van der Waals surface area contributed by atoms with Crippen molar-refractivity contribution in [3.05, 3.63) is 59.7 Å². The predicted octanol–water partition coefficient (Wildman–Crippen LogP) is 3.34. The fourth-order valence-corrected chi connectivity index (χ4v) is 5.54. The van der Waals surface area contributed by atoms with Crippen LogP contribution in [0.15, 0.2) is 53.4 Å². The Bertz CT molecular complexity index is 1060. The monoisotopic (exact) mass is 472 g/mol. The van der Waals surface area contributed by atoms with Crippen molar-refractivity contribution < 1.29 is 13.2 Å². The second-order valence-electron chi connectivity index (χ2n) is 8.90. The second kappa shape index (κ2) is 10.8. The third-order valence-electron chi connectivity index (χ3n) is 6.52. The lowest BCUT2D eigenvalue weighted by Gasteiger charge is -2.29. The molecular weight excluding hydrogens is 436 g/mol. The zero-order chi connectivity index (χ0) is 24.2. The Morgan fingerprint density at radius 1 is 1.18 bits per heavy atom. The van der Waals surface area contributed by atoms with Gasteiger partial charge in [0.2, 0.25) is 15.9 Å². The van der Waals surface area contributed by atoms with E-state index in [1.807, 2.05) is 6.07 Å². The summed E-state index contributed by atoms with van der Waals surface area (Å²) in [6.45, 7) is 9.04. The summed E-state index contributed by atoms with van der Waals surface area (Å²) in [5.74, 6) is -0.136. The van der Waals surface area contributed by atoms with Gasteiger partial charge in [0.15, 0.2) is 0 Å². The largest absolute Gasteiger partial charge is 0.325 e. The number of carbonyl (C=O) groups excluding carboxylic acids is 1. The third-order valence-corrected chi connectivity index (χ3v) is 8.48. The molecule has 0 spiro atoms. The summed E-state index contributed by atoms with van der Waals surface area (Å²) in [6, 6.07) is 16.2. The van der Waals surface area contributed by atoms with Crippen molar-refractivity contribution in [2.24, 2.45) is 0 Å². The Labute approximate surface area is 198 Å². The minimum absolute atomic E-state index is 0.136. The predicted molar refractivity (Wildman–Crippen MR) is 133 cm³/mol. The highest BCUT2D eigenvalue weighted by molar-refractivity contribution is 7.89. The molecule has 0 aliphatic carbocycles. The van der Waals surface area contributed by atoms with Gasteiger partial charge in [-0.2, -0.15) is 0 Å². The highest BCUT2D eigenvalue weighted by Gasteiger charge is 2.31. The first-order chi connectivity index (χ1) is 15.6. The van der Waals surface area contributed by atoms with Crippen LogP contribution in [-0.4, -0.2) is 74.7 Å². The first kappa shape index (κ1) is 25.4. The number of rotatable bonds is 9. The SMILES string of the molecule is CCN(CC(=O)Nc1ccc(C)c(S(=O)(=O)N(C)C)c1)C1CCN(C(C)c2ccccc2)C1. The summed E-state index contributed by atoms with van der Waals surface area (Å²) < 4.78 is 26.3. The smallest absolute Gasteiger partial charge is 0.242 e. The first-order valence-electron chi connectivity index (χ1n) is 11.5. The lowest BCUT2D eigenvalue weighted by Crippen LogP contribution is -2.42. The third kappa shape index (κ3) is 6.00. The zero-order valence-corrected chi connectivity index (χ0v) is 21.1. The number of amides is 1. The molecule has 0 bridgehead atoms. The Morgan fingerprint density at radius 3 is 2.52 bits per heavy atom. The van der Waals surface area contributed by atoms with E-state index >= 15 is 0 Å². The molecule has 33 heavy (non-hydrogen) atoms. The molecule has 8 heteroatoms. The number of hydrogen-bond donors (Lipinski definition) is 1. The lowest BCUT2D eigenvalue weighted by molar-refractivity contribution is -0.117. The number of likely N-dealkylation sites (tertiary alicyclic amines) is 1. The molecular formula is C25H36N4O3S. The van der Waals surface area contributed by atoms with Gasteiger partial charge in [-0.25, -0.2) is 12.7 Å². The van der Waals surface area contributed by atoms with E-state index in [9.17, 15) is 13.2 Å². The van der Waals surface area contributed by atoms with Gasteiger partial charge in [0, 0.05) is 45.0 Å². The summed E-state index contributed by atoms with van der Waals surface area (Å²) in [6.07, 6.45) is 1.02. The Hall–Kier alpha value is -2.26. The Morgan fingerprint density at radius 2 is 1.88 bits per heavy atom. The summed E-state index contributed by atoms with van der Waals surface area (Å²) in [7, 11) is -0.572. The van der Waals surface area contributed by atoms with Crippen molar-refractivity contribution in [2.45, 2.75) is 44.2 Å². The van der Waals surface area contributed by atoms with Crippen LogP contribution in [0, 0.1) is 6.92 Å². The number of carbonyl (C=O) groups is 1. The van der Waals surface area contributed by atoms with E-state index in [1.165, 1.54) is 30.0 Å². The van der Waals surface area contributed by atoms with E-state index in [4.69, 9.17) is 0 Å². The molecule has 1 fully saturated rings. The topological polar surface area (TPSA) is 73.0 Å². The van der Waals surface area contributed by atoms with Gasteiger partial charge in [0.1, 0.15) is 0 Å². The van der Waals surface area contributed by atoms with Crippen molar-refractivity contribution >= 4 is 21.6 Å². The molecule has 0 aromatic heterocycles.